The van der Waals surface area contributed by atoms with Crippen molar-refractivity contribution in [3.05, 3.63) is 101 Å². The molecule has 39 heavy (non-hydrogen) atoms. The van der Waals surface area contributed by atoms with E-state index < -0.39 is 17.7 Å². The number of nitrogens with zero attached hydrogens (tertiary/aromatic N) is 2. The van der Waals surface area contributed by atoms with Crippen molar-refractivity contribution in [3.8, 4) is 11.5 Å². The minimum Gasteiger partial charge on any atom is -0.507 e. The van der Waals surface area contributed by atoms with Gasteiger partial charge in [0.2, 0.25) is 0 Å². The summed E-state index contributed by atoms with van der Waals surface area (Å²) in [5.74, 6) is -0.114. The molecule has 1 amide bonds. The number of hydrogen-bond acceptors (Lipinski definition) is 6. The van der Waals surface area contributed by atoms with Gasteiger partial charge >= 0.3 is 0 Å². The first kappa shape index (κ1) is 27.9. The van der Waals surface area contributed by atoms with Crippen LogP contribution in [0, 0.1) is 6.92 Å². The molecule has 1 N–H and O–H groups in total. The molecule has 1 fully saturated rings. The summed E-state index contributed by atoms with van der Waals surface area (Å²) in [5.41, 5.74) is 3.11. The van der Waals surface area contributed by atoms with Gasteiger partial charge in [-0.1, -0.05) is 42.5 Å². The highest BCUT2D eigenvalue weighted by atomic mass is 16.5. The van der Waals surface area contributed by atoms with Crippen LogP contribution in [-0.4, -0.2) is 60.4 Å². The number of amides is 1. The lowest BCUT2D eigenvalue weighted by molar-refractivity contribution is -0.139. The van der Waals surface area contributed by atoms with Gasteiger partial charge in [0.25, 0.3) is 11.7 Å². The topological polar surface area (TPSA) is 79.3 Å². The second kappa shape index (κ2) is 12.6. The van der Waals surface area contributed by atoms with Gasteiger partial charge in [0, 0.05) is 12.1 Å². The standard InChI is InChI=1S/C32H36N2O5/c1-5-38-25-14-12-24(13-15-25)29-28(31(36)32(37)34(29)19-9-18-33(3)4)30(35)27-17-16-26(20-22(27)2)39-21-23-10-7-6-8-11-23/h6-8,10-17,20,29,35H,5,9,18-19,21H2,1-4H3/t29-/m1/s1. The molecule has 1 aliphatic heterocycles. The van der Waals surface area contributed by atoms with Crippen LogP contribution < -0.4 is 9.47 Å². The molecule has 7 nitrogen and oxygen atoms in total. The highest BCUT2D eigenvalue weighted by Crippen LogP contribution is 2.40. The Morgan fingerprint density at radius 1 is 0.949 bits per heavy atom. The number of rotatable bonds is 11. The normalized spacial score (nSPS) is 16.6. The lowest BCUT2D eigenvalue weighted by Gasteiger charge is -2.26. The SMILES string of the molecule is CCOc1ccc([C@@H]2C(=C(O)c3ccc(OCc4ccccc4)cc3C)C(=O)C(=O)N2CCCN(C)C)cc1. The minimum atomic E-state index is -0.698. The maximum Gasteiger partial charge on any atom is 0.295 e. The Morgan fingerprint density at radius 2 is 1.64 bits per heavy atom. The Bertz CT molecular complexity index is 1330. The number of aryl methyl sites for hydroxylation is 1. The summed E-state index contributed by atoms with van der Waals surface area (Å²) in [6, 6.07) is 21.8. The number of benzene rings is 3. The second-order valence-corrected chi connectivity index (χ2v) is 9.90. The molecular weight excluding hydrogens is 492 g/mol. The predicted molar refractivity (Wildman–Crippen MR) is 152 cm³/mol. The summed E-state index contributed by atoms with van der Waals surface area (Å²) in [6.07, 6.45) is 0.695. The molecule has 1 heterocycles. The van der Waals surface area contributed by atoms with E-state index in [0.717, 1.165) is 23.2 Å². The van der Waals surface area contributed by atoms with Gasteiger partial charge in [-0.05, 0) is 87.9 Å². The van der Waals surface area contributed by atoms with Crippen molar-refractivity contribution in [3.63, 3.8) is 0 Å². The van der Waals surface area contributed by atoms with Crippen molar-refractivity contribution in [1.29, 1.82) is 0 Å². The van der Waals surface area contributed by atoms with E-state index in [-0.39, 0.29) is 11.3 Å². The number of Topliss-reactive ketones (excluding diaryl/α,β-unsaturated/α-hetero) is 1. The number of ether oxygens (including phenoxy) is 2. The van der Waals surface area contributed by atoms with E-state index in [9.17, 15) is 14.7 Å². The van der Waals surface area contributed by atoms with Crippen LogP contribution in [0.1, 0.15) is 41.6 Å². The average Bonchev–Trinajstić information content (AvgIpc) is 3.18. The summed E-state index contributed by atoms with van der Waals surface area (Å²) >= 11 is 0. The third kappa shape index (κ3) is 6.49. The summed E-state index contributed by atoms with van der Waals surface area (Å²) < 4.78 is 11.5. The van der Waals surface area contributed by atoms with Crippen LogP contribution in [0.15, 0.2) is 78.4 Å². The molecule has 0 unspecified atom stereocenters. The van der Waals surface area contributed by atoms with Gasteiger partial charge in [-0.2, -0.15) is 0 Å². The summed E-state index contributed by atoms with van der Waals surface area (Å²) in [7, 11) is 3.93. The van der Waals surface area contributed by atoms with E-state index >= 15 is 0 Å². The molecule has 7 heteroatoms. The summed E-state index contributed by atoms with van der Waals surface area (Å²) in [4.78, 5) is 30.2. The maximum atomic E-state index is 13.3. The fourth-order valence-corrected chi connectivity index (χ4v) is 4.81. The van der Waals surface area contributed by atoms with Gasteiger partial charge < -0.3 is 24.4 Å². The molecule has 3 aromatic rings. The predicted octanol–water partition coefficient (Wildman–Crippen LogP) is 5.35. The van der Waals surface area contributed by atoms with Crippen molar-refractivity contribution < 1.29 is 24.2 Å². The number of aliphatic hydroxyl groups is 1. The average molecular weight is 529 g/mol. The summed E-state index contributed by atoms with van der Waals surface area (Å²) in [6.45, 7) is 5.87. The van der Waals surface area contributed by atoms with Gasteiger partial charge in [-0.25, -0.2) is 0 Å². The number of aliphatic hydroxyl groups excluding tert-OH is 1. The molecule has 0 spiro atoms. The van der Waals surface area contributed by atoms with Crippen LogP contribution in [0.2, 0.25) is 0 Å². The van der Waals surface area contributed by atoms with Crippen LogP contribution in [0.25, 0.3) is 5.76 Å². The molecule has 0 saturated carbocycles. The van der Waals surface area contributed by atoms with Crippen molar-refractivity contribution in [2.24, 2.45) is 0 Å². The minimum absolute atomic E-state index is 0.0927. The van der Waals surface area contributed by atoms with E-state index in [1.165, 1.54) is 0 Å². The zero-order valence-electron chi connectivity index (χ0n) is 23.0. The van der Waals surface area contributed by atoms with E-state index in [1.54, 1.807) is 17.0 Å². The van der Waals surface area contributed by atoms with Crippen molar-refractivity contribution in [2.75, 3.05) is 33.8 Å². The Balaban J connectivity index is 1.68. The molecular formula is C32H36N2O5. The van der Waals surface area contributed by atoms with Gasteiger partial charge in [-0.15, -0.1) is 0 Å². The van der Waals surface area contributed by atoms with Crippen molar-refractivity contribution in [2.45, 2.75) is 32.9 Å². The first-order valence-electron chi connectivity index (χ1n) is 13.2. The highest BCUT2D eigenvalue weighted by molar-refractivity contribution is 6.46. The Hall–Kier alpha value is -4.10. The number of ketones is 1. The smallest absolute Gasteiger partial charge is 0.295 e. The lowest BCUT2D eigenvalue weighted by atomic mass is 9.93. The van der Waals surface area contributed by atoms with E-state index in [0.29, 0.717) is 43.2 Å². The summed E-state index contributed by atoms with van der Waals surface area (Å²) in [5, 5.41) is 11.5. The van der Waals surface area contributed by atoms with Crippen LogP contribution in [0.5, 0.6) is 11.5 Å². The zero-order valence-corrected chi connectivity index (χ0v) is 23.0. The fraction of sp³-hybridized carbons (Fsp3) is 0.312. The second-order valence-electron chi connectivity index (χ2n) is 9.90. The number of carbonyl (C=O) groups is 2. The fourth-order valence-electron chi connectivity index (χ4n) is 4.81. The molecule has 204 valence electrons. The molecule has 3 aromatic carbocycles. The molecule has 1 aliphatic rings. The van der Waals surface area contributed by atoms with Crippen molar-refractivity contribution >= 4 is 17.4 Å². The largest absolute Gasteiger partial charge is 0.507 e. The van der Waals surface area contributed by atoms with Crippen molar-refractivity contribution in [1.82, 2.24) is 9.80 Å². The maximum absolute atomic E-state index is 13.3. The molecule has 0 radical (unpaired) electrons. The quantitative estimate of drug-likeness (QED) is 0.205. The van der Waals surface area contributed by atoms with Gasteiger partial charge in [-0.3, -0.25) is 9.59 Å². The van der Waals surface area contributed by atoms with E-state index in [1.807, 2.05) is 93.5 Å². The molecule has 1 atom stereocenters. The Labute approximate surface area is 230 Å². The third-order valence-electron chi connectivity index (χ3n) is 6.75. The monoisotopic (exact) mass is 528 g/mol. The number of hydrogen-bond donors (Lipinski definition) is 1. The van der Waals surface area contributed by atoms with E-state index in [4.69, 9.17) is 9.47 Å². The third-order valence-corrected chi connectivity index (χ3v) is 6.75. The van der Waals surface area contributed by atoms with Crippen LogP contribution in [0.3, 0.4) is 0 Å². The zero-order chi connectivity index (χ0) is 27.9. The van der Waals surface area contributed by atoms with Crippen LogP contribution in [-0.2, 0) is 16.2 Å². The molecule has 0 aliphatic carbocycles. The van der Waals surface area contributed by atoms with Gasteiger partial charge in [0.1, 0.15) is 23.9 Å². The molecule has 0 bridgehead atoms. The first-order chi connectivity index (χ1) is 18.8. The molecule has 0 aromatic heterocycles. The van der Waals surface area contributed by atoms with E-state index in [2.05, 4.69) is 0 Å². The first-order valence-corrected chi connectivity index (χ1v) is 13.2. The highest BCUT2D eigenvalue weighted by Gasteiger charge is 2.45. The van der Waals surface area contributed by atoms with Gasteiger partial charge in [0.15, 0.2) is 0 Å². The van der Waals surface area contributed by atoms with Crippen LogP contribution in [0.4, 0.5) is 0 Å². The molecule has 1 saturated heterocycles. The Morgan fingerprint density at radius 3 is 2.28 bits per heavy atom. The molecule has 4 rings (SSSR count). The Kier molecular flexibility index (Phi) is 9.04. The van der Waals surface area contributed by atoms with Crippen LogP contribution >= 0.6 is 0 Å². The van der Waals surface area contributed by atoms with Gasteiger partial charge in [0.05, 0.1) is 18.2 Å². The number of likely N-dealkylation sites (tertiary alicyclic amines) is 1. The lowest BCUT2D eigenvalue weighted by Crippen LogP contribution is -2.32. The number of carbonyl (C=O) groups excluding carboxylic acids is 2.